The molecule has 1 N–H and O–H groups in total. The highest BCUT2D eigenvalue weighted by molar-refractivity contribution is 5.86. The Morgan fingerprint density at radius 2 is 1.67 bits per heavy atom. The van der Waals surface area contributed by atoms with Crippen molar-refractivity contribution in [2.24, 2.45) is 0 Å². The largest absolute Gasteiger partial charge is 0.481 e. The van der Waals surface area contributed by atoms with E-state index in [2.05, 4.69) is 41.3 Å². The molecule has 0 aliphatic carbocycles. The number of nitrogens with zero attached hydrogens (tertiary/aromatic N) is 3. The maximum Gasteiger partial charge on any atom is 0.230 e. The Bertz CT molecular complexity index is 834. The third kappa shape index (κ3) is 5.91. The summed E-state index contributed by atoms with van der Waals surface area (Å²) in [4.78, 5) is 13.2. The molecule has 146 valence electrons. The fourth-order valence-electron chi connectivity index (χ4n) is 2.56. The highest BCUT2D eigenvalue weighted by Crippen LogP contribution is 2.24. The van der Waals surface area contributed by atoms with Crippen molar-refractivity contribution in [3.63, 3.8) is 0 Å². The van der Waals surface area contributed by atoms with Gasteiger partial charge in [0.1, 0.15) is 0 Å². The zero-order valence-corrected chi connectivity index (χ0v) is 17.6. The molecule has 0 bridgehead atoms. The molecule has 0 spiro atoms. The van der Waals surface area contributed by atoms with E-state index in [1.54, 1.807) is 19.4 Å². The number of nitrogens with one attached hydrogen (secondary N) is 1. The standard InChI is InChI=1S/C18H20N4O.2C2H6/c1-4-12-10-13(5-2)20-16-11-14(6-7-15(12)16)21-18-19-9-8-17(22-18)23-3;2*1-2/h6-11H,4-5H2,1-3H3,(H,19,21,22);2*1-2H3. The van der Waals surface area contributed by atoms with E-state index in [1.165, 1.54) is 10.9 Å². The number of ether oxygens (including phenoxy) is 1. The zero-order valence-electron chi connectivity index (χ0n) is 17.6. The first kappa shape index (κ1) is 22.4. The lowest BCUT2D eigenvalue weighted by atomic mass is 10.0. The van der Waals surface area contributed by atoms with E-state index in [4.69, 9.17) is 9.72 Å². The van der Waals surface area contributed by atoms with Crippen LogP contribution in [0.25, 0.3) is 10.9 Å². The van der Waals surface area contributed by atoms with Gasteiger partial charge in [0, 0.05) is 29.0 Å². The summed E-state index contributed by atoms with van der Waals surface area (Å²) >= 11 is 0. The molecule has 0 amide bonds. The first-order valence-corrected chi connectivity index (χ1v) is 9.80. The molecule has 3 aromatic rings. The predicted octanol–water partition coefficient (Wildman–Crippen LogP) is 5.95. The molecule has 0 aliphatic heterocycles. The summed E-state index contributed by atoms with van der Waals surface area (Å²) in [7, 11) is 1.59. The Kier molecular flexibility index (Phi) is 9.80. The number of pyridine rings is 1. The molecule has 0 saturated heterocycles. The second-order valence-electron chi connectivity index (χ2n) is 5.26. The molecule has 0 saturated carbocycles. The molecule has 0 radical (unpaired) electrons. The minimum Gasteiger partial charge on any atom is -0.481 e. The van der Waals surface area contributed by atoms with Crippen molar-refractivity contribution >= 4 is 22.5 Å². The summed E-state index contributed by atoms with van der Waals surface area (Å²) in [5.41, 5.74) is 4.35. The zero-order chi connectivity index (χ0) is 20.2. The van der Waals surface area contributed by atoms with E-state index in [9.17, 15) is 0 Å². The Morgan fingerprint density at radius 1 is 0.926 bits per heavy atom. The number of fused-ring (bicyclic) bond motifs is 1. The fourth-order valence-corrected chi connectivity index (χ4v) is 2.56. The van der Waals surface area contributed by atoms with Crippen molar-refractivity contribution < 1.29 is 4.74 Å². The van der Waals surface area contributed by atoms with Crippen LogP contribution in [0.3, 0.4) is 0 Å². The average molecular weight is 369 g/mol. The van der Waals surface area contributed by atoms with Crippen LogP contribution in [0, 0.1) is 0 Å². The molecule has 0 aliphatic rings. The Labute approximate surface area is 163 Å². The van der Waals surface area contributed by atoms with Gasteiger partial charge in [0.05, 0.1) is 12.6 Å². The quantitative estimate of drug-likeness (QED) is 0.602. The van der Waals surface area contributed by atoms with E-state index >= 15 is 0 Å². The second-order valence-corrected chi connectivity index (χ2v) is 5.26. The molecule has 27 heavy (non-hydrogen) atoms. The van der Waals surface area contributed by atoms with Crippen LogP contribution < -0.4 is 10.1 Å². The van der Waals surface area contributed by atoms with Crippen molar-refractivity contribution in [3.05, 3.63) is 47.8 Å². The number of anilines is 2. The molecule has 0 fully saturated rings. The van der Waals surface area contributed by atoms with E-state index < -0.39 is 0 Å². The maximum absolute atomic E-state index is 5.12. The van der Waals surface area contributed by atoms with Gasteiger partial charge in [0.25, 0.3) is 0 Å². The Hall–Kier alpha value is -2.69. The van der Waals surface area contributed by atoms with E-state index in [0.29, 0.717) is 11.8 Å². The predicted molar refractivity (Wildman–Crippen MR) is 115 cm³/mol. The lowest BCUT2D eigenvalue weighted by Gasteiger charge is -2.10. The molecular formula is C22H32N4O. The number of aromatic nitrogens is 3. The summed E-state index contributed by atoms with van der Waals surface area (Å²) in [6.07, 6.45) is 3.59. The van der Waals surface area contributed by atoms with Gasteiger partial charge in [-0.05, 0) is 36.6 Å². The topological polar surface area (TPSA) is 59.9 Å². The third-order valence-corrected chi connectivity index (χ3v) is 3.79. The average Bonchev–Trinajstić information content (AvgIpc) is 2.75. The molecule has 3 rings (SSSR count). The van der Waals surface area contributed by atoms with Gasteiger partial charge < -0.3 is 10.1 Å². The van der Waals surface area contributed by atoms with Crippen LogP contribution in [-0.2, 0) is 12.8 Å². The van der Waals surface area contributed by atoms with Gasteiger partial charge in [0.15, 0.2) is 0 Å². The second kappa shape index (κ2) is 11.8. The Balaban J connectivity index is 0.000000855. The molecular weight excluding hydrogens is 336 g/mol. The number of benzene rings is 1. The van der Waals surface area contributed by atoms with Crippen LogP contribution in [-0.4, -0.2) is 22.1 Å². The summed E-state index contributed by atoms with van der Waals surface area (Å²) in [5.74, 6) is 1.04. The minimum absolute atomic E-state index is 0.506. The normalized spacial score (nSPS) is 9.59. The lowest BCUT2D eigenvalue weighted by Crippen LogP contribution is -1.99. The summed E-state index contributed by atoms with van der Waals surface area (Å²) in [6, 6.07) is 10.1. The molecule has 0 atom stereocenters. The van der Waals surface area contributed by atoms with Gasteiger partial charge in [-0.25, -0.2) is 4.98 Å². The smallest absolute Gasteiger partial charge is 0.230 e. The van der Waals surface area contributed by atoms with Gasteiger partial charge in [0.2, 0.25) is 11.8 Å². The van der Waals surface area contributed by atoms with Crippen LogP contribution in [0.4, 0.5) is 11.6 Å². The third-order valence-electron chi connectivity index (χ3n) is 3.79. The SMILES string of the molecule is CC.CC.CCc1cc(CC)c2ccc(Nc3nccc(OC)n3)cc2n1. The summed E-state index contributed by atoms with van der Waals surface area (Å²) < 4.78 is 5.12. The van der Waals surface area contributed by atoms with Gasteiger partial charge >= 0.3 is 0 Å². The van der Waals surface area contributed by atoms with Gasteiger partial charge in [-0.1, -0.05) is 47.6 Å². The number of rotatable bonds is 5. The van der Waals surface area contributed by atoms with Gasteiger partial charge in [-0.2, -0.15) is 4.98 Å². The molecule has 1 aromatic carbocycles. The summed E-state index contributed by atoms with van der Waals surface area (Å²) in [5, 5.41) is 4.40. The fraction of sp³-hybridized carbons (Fsp3) is 0.409. The molecule has 5 nitrogen and oxygen atoms in total. The van der Waals surface area contributed by atoms with Crippen molar-refractivity contribution in [2.45, 2.75) is 54.4 Å². The monoisotopic (exact) mass is 368 g/mol. The van der Waals surface area contributed by atoms with Gasteiger partial charge in [-0.3, -0.25) is 4.98 Å². The van der Waals surface area contributed by atoms with Gasteiger partial charge in [-0.15, -0.1) is 0 Å². The van der Waals surface area contributed by atoms with E-state index in [1.807, 2.05) is 39.8 Å². The van der Waals surface area contributed by atoms with E-state index in [0.717, 1.165) is 29.7 Å². The first-order valence-electron chi connectivity index (χ1n) is 9.80. The molecule has 2 aromatic heterocycles. The van der Waals surface area contributed by atoms with Crippen LogP contribution in [0.2, 0.25) is 0 Å². The first-order chi connectivity index (χ1) is 13.2. The lowest BCUT2D eigenvalue weighted by molar-refractivity contribution is 0.397. The van der Waals surface area contributed by atoms with E-state index in [-0.39, 0.29) is 0 Å². The van der Waals surface area contributed by atoms with Crippen molar-refractivity contribution in [1.29, 1.82) is 0 Å². The molecule has 2 heterocycles. The van der Waals surface area contributed by atoms with Crippen LogP contribution >= 0.6 is 0 Å². The summed E-state index contributed by atoms with van der Waals surface area (Å²) in [6.45, 7) is 12.3. The molecule has 0 unspecified atom stereocenters. The highest BCUT2D eigenvalue weighted by atomic mass is 16.5. The number of aryl methyl sites for hydroxylation is 2. The van der Waals surface area contributed by atoms with Crippen LogP contribution in [0.5, 0.6) is 5.88 Å². The maximum atomic E-state index is 5.12. The van der Waals surface area contributed by atoms with Crippen LogP contribution in [0.15, 0.2) is 36.5 Å². The van der Waals surface area contributed by atoms with Crippen molar-refractivity contribution in [1.82, 2.24) is 15.0 Å². The minimum atomic E-state index is 0.506. The Morgan fingerprint density at radius 3 is 2.30 bits per heavy atom. The van der Waals surface area contributed by atoms with Crippen molar-refractivity contribution in [3.8, 4) is 5.88 Å². The van der Waals surface area contributed by atoms with Crippen molar-refractivity contribution in [2.75, 3.05) is 12.4 Å². The van der Waals surface area contributed by atoms with Crippen LogP contribution in [0.1, 0.15) is 52.8 Å². The highest BCUT2D eigenvalue weighted by Gasteiger charge is 2.06. The number of hydrogen-bond acceptors (Lipinski definition) is 5. The molecule has 5 heteroatoms. The number of methoxy groups -OCH3 is 1. The number of hydrogen-bond donors (Lipinski definition) is 1.